The van der Waals surface area contributed by atoms with E-state index < -0.39 is 0 Å². The highest BCUT2D eigenvalue weighted by Crippen LogP contribution is 2.26. The van der Waals surface area contributed by atoms with Crippen molar-refractivity contribution >= 4 is 47.2 Å². The van der Waals surface area contributed by atoms with Gasteiger partial charge in [-0.1, -0.05) is 23.7 Å². The van der Waals surface area contributed by atoms with E-state index >= 15 is 0 Å². The molecule has 0 bridgehead atoms. The topological polar surface area (TPSA) is 34.1 Å². The zero-order chi connectivity index (χ0) is 16.9. The van der Waals surface area contributed by atoms with Crippen LogP contribution in [0, 0.1) is 5.92 Å². The van der Waals surface area contributed by atoms with Crippen molar-refractivity contribution in [2.24, 2.45) is 10.9 Å². The van der Waals surface area contributed by atoms with Gasteiger partial charge in [0.15, 0.2) is 5.96 Å². The lowest BCUT2D eigenvalue weighted by Gasteiger charge is -2.38. The summed E-state index contributed by atoms with van der Waals surface area (Å²) in [5.74, 6) is 1.76. The average molecular weight is 478 g/mol. The van der Waals surface area contributed by atoms with E-state index in [0.717, 1.165) is 55.3 Å². The van der Waals surface area contributed by atoms with Crippen molar-refractivity contribution < 1.29 is 0 Å². The van der Waals surface area contributed by atoms with Gasteiger partial charge in [-0.3, -0.25) is 4.99 Å². The summed E-state index contributed by atoms with van der Waals surface area (Å²) in [6, 6.07) is 8.09. The molecule has 3 rings (SSSR count). The number of nitrogens with one attached hydrogen (secondary N) is 1. The second kappa shape index (κ2) is 9.83. The van der Waals surface area contributed by atoms with Crippen LogP contribution in [0.15, 0.2) is 29.3 Å². The number of aliphatic imine (C=N–C) groups is 1. The molecule has 2 aliphatic heterocycles. The molecule has 2 aliphatic rings. The standard InChI is InChI=1S/C18H28ClN5.HI/c1-20-18(21-13-15-7-8-22(2)14-15)24-11-9-23(10-12-24)17-6-4-3-5-16(17)19;/h3-6,15H,7-14H2,1-2H3,(H,20,21);1H. The maximum atomic E-state index is 6.32. The fourth-order valence-electron chi connectivity index (χ4n) is 3.63. The zero-order valence-electron chi connectivity index (χ0n) is 15.1. The molecule has 0 aliphatic carbocycles. The Bertz CT molecular complexity index is 574. The third-order valence-electron chi connectivity index (χ3n) is 5.02. The van der Waals surface area contributed by atoms with Gasteiger partial charge in [0.2, 0.25) is 0 Å². The van der Waals surface area contributed by atoms with Gasteiger partial charge < -0.3 is 20.0 Å². The Balaban J connectivity index is 0.00000225. The number of rotatable bonds is 3. The van der Waals surface area contributed by atoms with Crippen LogP contribution in [0.4, 0.5) is 5.69 Å². The molecular weight excluding hydrogens is 449 g/mol. The van der Waals surface area contributed by atoms with Gasteiger partial charge in [0.1, 0.15) is 0 Å². The summed E-state index contributed by atoms with van der Waals surface area (Å²) in [6.07, 6.45) is 1.28. The number of para-hydroxylation sites is 1. The van der Waals surface area contributed by atoms with Crippen LogP contribution in [-0.4, -0.2) is 75.7 Å². The average Bonchev–Trinajstić information content (AvgIpc) is 3.02. The van der Waals surface area contributed by atoms with Crippen molar-refractivity contribution in [1.82, 2.24) is 15.1 Å². The van der Waals surface area contributed by atoms with E-state index in [9.17, 15) is 0 Å². The van der Waals surface area contributed by atoms with Crippen molar-refractivity contribution in [3.05, 3.63) is 29.3 Å². The maximum Gasteiger partial charge on any atom is 0.193 e. The Morgan fingerprint density at radius 2 is 1.92 bits per heavy atom. The molecule has 1 atom stereocenters. The molecule has 7 heteroatoms. The molecular formula is C18H29ClIN5. The van der Waals surface area contributed by atoms with Crippen LogP contribution in [0.25, 0.3) is 0 Å². The minimum Gasteiger partial charge on any atom is -0.367 e. The number of benzene rings is 1. The molecule has 1 aromatic rings. The number of halogens is 2. The first kappa shape index (κ1) is 20.6. The van der Waals surface area contributed by atoms with E-state index in [1.165, 1.54) is 19.5 Å². The highest BCUT2D eigenvalue weighted by Gasteiger charge is 2.23. The van der Waals surface area contributed by atoms with E-state index in [0.29, 0.717) is 0 Å². The van der Waals surface area contributed by atoms with E-state index in [-0.39, 0.29) is 24.0 Å². The molecule has 0 saturated carbocycles. The predicted octanol–water partition coefficient (Wildman–Crippen LogP) is 2.61. The summed E-state index contributed by atoms with van der Waals surface area (Å²) < 4.78 is 0. The molecule has 1 unspecified atom stereocenters. The van der Waals surface area contributed by atoms with Crippen LogP contribution in [0.5, 0.6) is 0 Å². The molecule has 0 radical (unpaired) electrons. The van der Waals surface area contributed by atoms with Crippen molar-refractivity contribution in [3.63, 3.8) is 0 Å². The minimum absolute atomic E-state index is 0. The fraction of sp³-hybridized carbons (Fsp3) is 0.611. The Morgan fingerprint density at radius 1 is 1.20 bits per heavy atom. The maximum absolute atomic E-state index is 6.32. The summed E-state index contributed by atoms with van der Waals surface area (Å²) in [7, 11) is 4.08. The molecule has 25 heavy (non-hydrogen) atoms. The SMILES string of the molecule is CN=C(NCC1CCN(C)C1)N1CCN(c2ccccc2Cl)CC1.I. The van der Waals surface area contributed by atoms with Crippen molar-refractivity contribution in [3.8, 4) is 0 Å². The summed E-state index contributed by atoms with van der Waals surface area (Å²) in [5.41, 5.74) is 1.13. The molecule has 1 aromatic carbocycles. The molecule has 2 fully saturated rings. The lowest BCUT2D eigenvalue weighted by Crippen LogP contribution is -2.53. The van der Waals surface area contributed by atoms with Gasteiger partial charge in [-0.25, -0.2) is 0 Å². The van der Waals surface area contributed by atoms with E-state index in [4.69, 9.17) is 11.6 Å². The smallest absolute Gasteiger partial charge is 0.193 e. The number of hydrogen-bond acceptors (Lipinski definition) is 3. The van der Waals surface area contributed by atoms with E-state index in [1.807, 2.05) is 25.2 Å². The Labute approximate surface area is 173 Å². The first-order chi connectivity index (χ1) is 11.7. The van der Waals surface area contributed by atoms with Crippen molar-refractivity contribution in [2.75, 3.05) is 64.8 Å². The highest BCUT2D eigenvalue weighted by molar-refractivity contribution is 14.0. The molecule has 0 aromatic heterocycles. The number of anilines is 1. The zero-order valence-corrected chi connectivity index (χ0v) is 18.2. The molecule has 5 nitrogen and oxygen atoms in total. The Hall–Kier alpha value is -0.730. The molecule has 2 heterocycles. The van der Waals surface area contributed by atoms with Crippen LogP contribution in [-0.2, 0) is 0 Å². The van der Waals surface area contributed by atoms with Crippen LogP contribution in [0.3, 0.4) is 0 Å². The first-order valence-corrected chi connectivity index (χ1v) is 9.19. The molecule has 140 valence electrons. The van der Waals surface area contributed by atoms with E-state index in [1.54, 1.807) is 0 Å². The Morgan fingerprint density at radius 3 is 2.52 bits per heavy atom. The van der Waals surface area contributed by atoms with Gasteiger partial charge in [0.25, 0.3) is 0 Å². The van der Waals surface area contributed by atoms with Gasteiger partial charge in [0.05, 0.1) is 10.7 Å². The van der Waals surface area contributed by atoms with Gasteiger partial charge in [-0.15, -0.1) is 24.0 Å². The lowest BCUT2D eigenvalue weighted by atomic mass is 10.1. The van der Waals surface area contributed by atoms with Crippen molar-refractivity contribution in [2.45, 2.75) is 6.42 Å². The van der Waals surface area contributed by atoms with Gasteiger partial charge in [-0.2, -0.15) is 0 Å². The molecule has 0 amide bonds. The number of guanidine groups is 1. The third-order valence-corrected chi connectivity index (χ3v) is 5.34. The van der Waals surface area contributed by atoms with Crippen LogP contribution >= 0.6 is 35.6 Å². The van der Waals surface area contributed by atoms with Gasteiger partial charge in [0, 0.05) is 46.3 Å². The minimum atomic E-state index is 0. The second-order valence-corrected chi connectivity index (χ2v) is 7.18. The van der Waals surface area contributed by atoms with Crippen molar-refractivity contribution in [1.29, 1.82) is 0 Å². The summed E-state index contributed by atoms with van der Waals surface area (Å²) in [6.45, 7) is 7.28. The largest absolute Gasteiger partial charge is 0.367 e. The first-order valence-electron chi connectivity index (χ1n) is 8.81. The lowest BCUT2D eigenvalue weighted by molar-refractivity contribution is 0.363. The molecule has 2 saturated heterocycles. The molecule has 0 spiro atoms. The number of nitrogens with zero attached hydrogens (tertiary/aromatic N) is 4. The number of likely N-dealkylation sites (tertiary alicyclic amines) is 1. The van der Waals surface area contributed by atoms with Gasteiger partial charge >= 0.3 is 0 Å². The van der Waals surface area contributed by atoms with Crippen LogP contribution < -0.4 is 10.2 Å². The molecule has 1 N–H and O–H groups in total. The third kappa shape index (κ3) is 5.37. The normalized spacial score (nSPS) is 22.0. The fourth-order valence-corrected chi connectivity index (χ4v) is 3.88. The Kier molecular flexibility index (Phi) is 8.09. The van der Waals surface area contributed by atoms with Crippen LogP contribution in [0.1, 0.15) is 6.42 Å². The second-order valence-electron chi connectivity index (χ2n) is 6.77. The van der Waals surface area contributed by atoms with Gasteiger partial charge in [-0.05, 0) is 38.1 Å². The monoisotopic (exact) mass is 477 g/mol. The number of hydrogen-bond donors (Lipinski definition) is 1. The quantitative estimate of drug-likeness (QED) is 0.412. The van der Waals surface area contributed by atoms with E-state index in [2.05, 4.69) is 38.1 Å². The van der Waals surface area contributed by atoms with Crippen LogP contribution in [0.2, 0.25) is 5.02 Å². The summed E-state index contributed by atoms with van der Waals surface area (Å²) in [4.78, 5) is 11.6. The predicted molar refractivity (Wildman–Crippen MR) is 118 cm³/mol. The number of piperazine rings is 1. The summed E-state index contributed by atoms with van der Waals surface area (Å²) in [5, 5.41) is 4.40. The summed E-state index contributed by atoms with van der Waals surface area (Å²) >= 11 is 6.32. The highest BCUT2D eigenvalue weighted by atomic mass is 127.